The van der Waals surface area contributed by atoms with Gasteiger partial charge in [-0.2, -0.15) is 0 Å². The summed E-state index contributed by atoms with van der Waals surface area (Å²) in [7, 11) is 2.06. The highest BCUT2D eigenvalue weighted by atomic mass is 35.5. The Morgan fingerprint density at radius 1 is 1.28 bits per heavy atom. The SMILES string of the molecule is CNC(CC1CC2CCC1C2)c1ccccc1Cl. The van der Waals surface area contributed by atoms with Crippen LogP contribution in [0.2, 0.25) is 5.02 Å². The maximum atomic E-state index is 6.32. The van der Waals surface area contributed by atoms with E-state index < -0.39 is 0 Å². The van der Waals surface area contributed by atoms with Gasteiger partial charge in [0.1, 0.15) is 0 Å². The van der Waals surface area contributed by atoms with Crippen LogP contribution in [-0.2, 0) is 0 Å². The van der Waals surface area contributed by atoms with Crippen LogP contribution in [0.5, 0.6) is 0 Å². The highest BCUT2D eigenvalue weighted by molar-refractivity contribution is 6.31. The fraction of sp³-hybridized carbons (Fsp3) is 0.625. The average Bonchev–Trinajstić information content (AvgIpc) is 2.99. The maximum absolute atomic E-state index is 6.32. The summed E-state index contributed by atoms with van der Waals surface area (Å²) < 4.78 is 0. The molecule has 2 heteroatoms. The summed E-state index contributed by atoms with van der Waals surface area (Å²) in [6, 6.07) is 8.68. The van der Waals surface area contributed by atoms with Crippen molar-refractivity contribution in [3.8, 4) is 0 Å². The van der Waals surface area contributed by atoms with Crippen LogP contribution in [0.15, 0.2) is 24.3 Å². The molecule has 0 saturated heterocycles. The fourth-order valence-electron chi connectivity index (χ4n) is 4.13. The predicted octanol–water partition coefficient (Wildman–Crippen LogP) is 4.43. The molecule has 0 amide bonds. The Labute approximate surface area is 115 Å². The van der Waals surface area contributed by atoms with Crippen LogP contribution < -0.4 is 5.32 Å². The second-order valence-electron chi connectivity index (χ2n) is 6.03. The normalized spacial score (nSPS) is 31.8. The van der Waals surface area contributed by atoms with Gasteiger partial charge in [-0.05, 0) is 62.1 Å². The zero-order chi connectivity index (χ0) is 12.5. The molecule has 2 aliphatic carbocycles. The van der Waals surface area contributed by atoms with Crippen molar-refractivity contribution in [1.29, 1.82) is 0 Å². The van der Waals surface area contributed by atoms with Crippen LogP contribution >= 0.6 is 11.6 Å². The van der Waals surface area contributed by atoms with E-state index in [1.807, 2.05) is 12.1 Å². The Bertz CT molecular complexity index is 417. The minimum atomic E-state index is 0.419. The first kappa shape index (κ1) is 12.5. The second-order valence-corrected chi connectivity index (χ2v) is 6.44. The summed E-state index contributed by atoms with van der Waals surface area (Å²) in [5.41, 5.74) is 1.27. The van der Waals surface area contributed by atoms with Crippen LogP contribution in [0, 0.1) is 17.8 Å². The Balaban J connectivity index is 1.72. The van der Waals surface area contributed by atoms with Gasteiger partial charge in [0, 0.05) is 11.1 Å². The summed E-state index contributed by atoms with van der Waals surface area (Å²) >= 11 is 6.32. The average molecular weight is 264 g/mol. The molecule has 1 aromatic carbocycles. The Morgan fingerprint density at radius 3 is 2.72 bits per heavy atom. The van der Waals surface area contributed by atoms with Crippen molar-refractivity contribution in [2.45, 2.75) is 38.1 Å². The van der Waals surface area contributed by atoms with E-state index in [9.17, 15) is 0 Å². The molecule has 4 atom stereocenters. The predicted molar refractivity (Wildman–Crippen MR) is 76.8 cm³/mol. The molecule has 0 aliphatic heterocycles. The number of nitrogens with one attached hydrogen (secondary N) is 1. The molecule has 2 bridgehead atoms. The van der Waals surface area contributed by atoms with Crippen molar-refractivity contribution in [1.82, 2.24) is 5.32 Å². The second kappa shape index (κ2) is 5.22. The van der Waals surface area contributed by atoms with E-state index in [0.29, 0.717) is 6.04 Å². The molecule has 2 fully saturated rings. The molecule has 0 radical (unpaired) electrons. The molecule has 0 aromatic heterocycles. The number of fused-ring (bicyclic) bond motifs is 2. The van der Waals surface area contributed by atoms with Crippen molar-refractivity contribution in [2.24, 2.45) is 17.8 Å². The molecular weight excluding hydrogens is 242 g/mol. The first-order chi connectivity index (χ1) is 8.78. The van der Waals surface area contributed by atoms with Gasteiger partial charge in [-0.1, -0.05) is 36.2 Å². The summed E-state index contributed by atoms with van der Waals surface area (Å²) in [5.74, 6) is 2.94. The number of hydrogen-bond acceptors (Lipinski definition) is 1. The van der Waals surface area contributed by atoms with Crippen LogP contribution in [0.4, 0.5) is 0 Å². The monoisotopic (exact) mass is 263 g/mol. The number of rotatable bonds is 4. The van der Waals surface area contributed by atoms with Crippen molar-refractivity contribution >= 4 is 11.6 Å². The van der Waals surface area contributed by atoms with Crippen LogP contribution in [0.3, 0.4) is 0 Å². The lowest BCUT2D eigenvalue weighted by molar-refractivity contribution is 0.284. The first-order valence-corrected chi connectivity index (χ1v) is 7.57. The van der Waals surface area contributed by atoms with Crippen LogP contribution in [0.25, 0.3) is 0 Å². The molecule has 0 heterocycles. The molecule has 1 aromatic rings. The molecule has 2 aliphatic rings. The lowest BCUT2D eigenvalue weighted by Gasteiger charge is -2.27. The van der Waals surface area contributed by atoms with E-state index >= 15 is 0 Å². The largest absolute Gasteiger partial charge is 0.313 e. The topological polar surface area (TPSA) is 12.0 Å². The molecule has 98 valence electrons. The van der Waals surface area contributed by atoms with Crippen LogP contribution in [-0.4, -0.2) is 7.05 Å². The third-order valence-electron chi connectivity index (χ3n) is 5.05. The third kappa shape index (κ3) is 2.31. The molecule has 4 unspecified atom stereocenters. The van der Waals surface area contributed by atoms with E-state index in [0.717, 1.165) is 22.8 Å². The molecule has 18 heavy (non-hydrogen) atoms. The minimum Gasteiger partial charge on any atom is -0.313 e. The third-order valence-corrected chi connectivity index (χ3v) is 5.40. The summed E-state index contributed by atoms with van der Waals surface area (Å²) in [4.78, 5) is 0. The lowest BCUT2D eigenvalue weighted by Crippen LogP contribution is -2.22. The summed E-state index contributed by atoms with van der Waals surface area (Å²) in [6.07, 6.45) is 7.14. The number of hydrogen-bond donors (Lipinski definition) is 1. The number of halogens is 1. The summed E-state index contributed by atoms with van der Waals surface area (Å²) in [5, 5.41) is 4.36. The molecule has 1 nitrogen and oxygen atoms in total. The van der Waals surface area contributed by atoms with Gasteiger partial charge in [-0.3, -0.25) is 0 Å². The Kier molecular flexibility index (Phi) is 3.63. The molecule has 1 N–H and O–H groups in total. The fourth-order valence-corrected chi connectivity index (χ4v) is 4.39. The lowest BCUT2D eigenvalue weighted by atomic mass is 9.83. The quantitative estimate of drug-likeness (QED) is 0.848. The summed E-state index contributed by atoms with van der Waals surface area (Å²) in [6.45, 7) is 0. The van der Waals surface area contributed by atoms with Gasteiger partial charge < -0.3 is 5.32 Å². The van der Waals surface area contributed by atoms with Gasteiger partial charge in [0.2, 0.25) is 0 Å². The van der Waals surface area contributed by atoms with Gasteiger partial charge in [-0.25, -0.2) is 0 Å². The maximum Gasteiger partial charge on any atom is 0.0453 e. The van der Waals surface area contributed by atoms with Crippen LogP contribution in [0.1, 0.15) is 43.7 Å². The smallest absolute Gasteiger partial charge is 0.0453 e. The van der Waals surface area contributed by atoms with E-state index in [1.54, 1.807) is 0 Å². The van der Waals surface area contributed by atoms with E-state index in [4.69, 9.17) is 11.6 Å². The first-order valence-electron chi connectivity index (χ1n) is 7.19. The van der Waals surface area contributed by atoms with Crippen molar-refractivity contribution < 1.29 is 0 Å². The molecular formula is C16H22ClN. The van der Waals surface area contributed by atoms with Crippen molar-refractivity contribution in [3.05, 3.63) is 34.9 Å². The van der Waals surface area contributed by atoms with Gasteiger partial charge in [0.05, 0.1) is 0 Å². The van der Waals surface area contributed by atoms with E-state index in [-0.39, 0.29) is 0 Å². The van der Waals surface area contributed by atoms with Crippen molar-refractivity contribution in [2.75, 3.05) is 7.05 Å². The standard InChI is InChI=1S/C16H22ClN/c1-18-16(14-4-2-3-5-15(14)17)10-13-9-11-6-7-12(13)8-11/h2-5,11-13,16,18H,6-10H2,1H3. The zero-order valence-electron chi connectivity index (χ0n) is 11.0. The van der Waals surface area contributed by atoms with E-state index in [2.05, 4.69) is 24.5 Å². The molecule has 0 spiro atoms. The van der Waals surface area contributed by atoms with Gasteiger partial charge in [0.25, 0.3) is 0 Å². The van der Waals surface area contributed by atoms with Gasteiger partial charge >= 0.3 is 0 Å². The Morgan fingerprint density at radius 2 is 2.11 bits per heavy atom. The van der Waals surface area contributed by atoms with Crippen molar-refractivity contribution in [3.63, 3.8) is 0 Å². The molecule has 3 rings (SSSR count). The van der Waals surface area contributed by atoms with Gasteiger partial charge in [0.15, 0.2) is 0 Å². The molecule has 2 saturated carbocycles. The minimum absolute atomic E-state index is 0.419. The zero-order valence-corrected chi connectivity index (χ0v) is 11.8. The van der Waals surface area contributed by atoms with E-state index in [1.165, 1.54) is 37.7 Å². The highest BCUT2D eigenvalue weighted by Gasteiger charge is 2.40. The van der Waals surface area contributed by atoms with Gasteiger partial charge in [-0.15, -0.1) is 0 Å². The number of benzene rings is 1. The highest BCUT2D eigenvalue weighted by Crippen LogP contribution is 2.51. The Hall–Kier alpha value is -0.530.